The van der Waals surface area contributed by atoms with Crippen molar-refractivity contribution < 1.29 is 9.53 Å². The predicted molar refractivity (Wildman–Crippen MR) is 57.4 cm³/mol. The van der Waals surface area contributed by atoms with Crippen LogP contribution in [-0.4, -0.2) is 42.6 Å². The van der Waals surface area contributed by atoms with E-state index < -0.39 is 0 Å². The fourth-order valence-corrected chi connectivity index (χ4v) is 2.12. The van der Waals surface area contributed by atoms with Gasteiger partial charge in [-0.25, -0.2) is 0 Å². The van der Waals surface area contributed by atoms with Gasteiger partial charge in [0.15, 0.2) is 0 Å². The average molecular weight is 212 g/mol. The van der Waals surface area contributed by atoms with E-state index in [1.807, 2.05) is 4.90 Å². The summed E-state index contributed by atoms with van der Waals surface area (Å²) in [5.74, 6) is 0.169. The normalized spacial score (nSPS) is 26.3. The van der Waals surface area contributed by atoms with Crippen molar-refractivity contribution >= 4 is 5.91 Å². The summed E-state index contributed by atoms with van der Waals surface area (Å²) in [7, 11) is 0. The maximum Gasteiger partial charge on any atom is 0.251 e. The highest BCUT2D eigenvalue weighted by Gasteiger charge is 2.36. The highest BCUT2D eigenvalue weighted by molar-refractivity contribution is 5.81. The second-order valence-electron chi connectivity index (χ2n) is 4.41. The zero-order chi connectivity index (χ0) is 10.7. The first-order chi connectivity index (χ1) is 7.33. The van der Waals surface area contributed by atoms with E-state index in [2.05, 4.69) is 0 Å². The predicted octanol–water partition coefficient (Wildman–Crippen LogP) is 0.505. The summed E-state index contributed by atoms with van der Waals surface area (Å²) in [6.07, 6.45) is 5.16. The van der Waals surface area contributed by atoms with Crippen LogP contribution >= 0.6 is 0 Å². The van der Waals surface area contributed by atoms with Crippen LogP contribution in [-0.2, 0) is 9.53 Å². The Balaban J connectivity index is 1.90. The lowest BCUT2D eigenvalue weighted by atomic mass is 10.1. The number of hydrogen-bond donors (Lipinski definition) is 1. The number of rotatable bonds is 4. The molecule has 2 fully saturated rings. The molecule has 0 spiro atoms. The number of ether oxygens (including phenoxy) is 1. The molecular formula is C11H20N2O2. The van der Waals surface area contributed by atoms with Gasteiger partial charge in [0.25, 0.3) is 5.91 Å². The average Bonchev–Trinajstić information content (AvgIpc) is 3.10. The van der Waals surface area contributed by atoms with E-state index in [1.54, 1.807) is 0 Å². The van der Waals surface area contributed by atoms with Gasteiger partial charge in [-0.1, -0.05) is 0 Å². The summed E-state index contributed by atoms with van der Waals surface area (Å²) in [5.41, 5.74) is 5.53. The molecule has 15 heavy (non-hydrogen) atoms. The van der Waals surface area contributed by atoms with Crippen LogP contribution in [0, 0.1) is 0 Å². The summed E-state index contributed by atoms with van der Waals surface area (Å²) in [6.45, 7) is 1.97. The third kappa shape index (κ3) is 2.69. The lowest BCUT2D eigenvalue weighted by Gasteiger charge is -2.29. The maximum absolute atomic E-state index is 12.1. The zero-order valence-corrected chi connectivity index (χ0v) is 9.15. The Labute approximate surface area is 90.8 Å². The zero-order valence-electron chi connectivity index (χ0n) is 9.15. The smallest absolute Gasteiger partial charge is 0.251 e. The van der Waals surface area contributed by atoms with E-state index >= 15 is 0 Å². The number of amides is 1. The highest BCUT2D eigenvalue weighted by atomic mass is 16.5. The van der Waals surface area contributed by atoms with E-state index in [0.29, 0.717) is 19.1 Å². The molecule has 1 unspecified atom stereocenters. The van der Waals surface area contributed by atoms with Crippen LogP contribution in [0.3, 0.4) is 0 Å². The molecule has 1 atom stereocenters. The second-order valence-corrected chi connectivity index (χ2v) is 4.41. The van der Waals surface area contributed by atoms with Gasteiger partial charge < -0.3 is 15.4 Å². The molecule has 2 N–H and O–H groups in total. The minimum atomic E-state index is -0.189. The van der Waals surface area contributed by atoms with Crippen molar-refractivity contribution in [2.45, 2.75) is 44.2 Å². The molecule has 0 aromatic rings. The van der Waals surface area contributed by atoms with Crippen molar-refractivity contribution in [2.24, 2.45) is 5.73 Å². The molecule has 1 saturated heterocycles. The maximum atomic E-state index is 12.1. The first kappa shape index (κ1) is 10.9. The quantitative estimate of drug-likeness (QED) is 0.738. The molecule has 0 radical (unpaired) electrons. The molecule has 4 nitrogen and oxygen atoms in total. The van der Waals surface area contributed by atoms with Gasteiger partial charge in [-0.15, -0.1) is 0 Å². The Morgan fingerprint density at radius 3 is 2.67 bits per heavy atom. The lowest BCUT2D eigenvalue weighted by Crippen LogP contribution is -2.45. The van der Waals surface area contributed by atoms with Gasteiger partial charge in [-0.2, -0.15) is 0 Å². The van der Waals surface area contributed by atoms with E-state index in [4.69, 9.17) is 10.5 Å². The molecule has 1 heterocycles. The monoisotopic (exact) mass is 212 g/mol. The standard InChI is InChI=1S/C11H20N2O2/c12-6-7-13(9-4-5-9)11(14)10-3-1-2-8-15-10/h9-10H,1-8,12H2. The van der Waals surface area contributed by atoms with Crippen LogP contribution in [0.25, 0.3) is 0 Å². The lowest BCUT2D eigenvalue weighted by molar-refractivity contribution is -0.147. The molecule has 1 aliphatic carbocycles. The number of nitrogens with zero attached hydrogens (tertiary/aromatic N) is 1. The highest BCUT2D eigenvalue weighted by Crippen LogP contribution is 2.28. The van der Waals surface area contributed by atoms with Gasteiger partial charge in [-0.3, -0.25) is 4.79 Å². The number of carbonyl (C=O) groups excluding carboxylic acids is 1. The Morgan fingerprint density at radius 2 is 2.13 bits per heavy atom. The molecule has 86 valence electrons. The molecule has 2 rings (SSSR count). The number of hydrogen-bond acceptors (Lipinski definition) is 3. The van der Waals surface area contributed by atoms with Gasteiger partial charge in [0.2, 0.25) is 0 Å². The molecule has 1 amide bonds. The van der Waals surface area contributed by atoms with Crippen LogP contribution in [0.1, 0.15) is 32.1 Å². The fraction of sp³-hybridized carbons (Fsp3) is 0.909. The molecule has 2 aliphatic rings. The van der Waals surface area contributed by atoms with Crippen LogP contribution in [0.15, 0.2) is 0 Å². The Bertz CT molecular complexity index is 223. The molecule has 0 bridgehead atoms. The Morgan fingerprint density at radius 1 is 1.33 bits per heavy atom. The minimum absolute atomic E-state index is 0.169. The topological polar surface area (TPSA) is 55.6 Å². The van der Waals surface area contributed by atoms with Gasteiger partial charge in [0.05, 0.1) is 0 Å². The van der Waals surface area contributed by atoms with E-state index in [9.17, 15) is 4.79 Å². The first-order valence-corrected chi connectivity index (χ1v) is 5.95. The second kappa shape index (κ2) is 4.94. The molecular weight excluding hydrogens is 192 g/mol. The molecule has 1 saturated carbocycles. The van der Waals surface area contributed by atoms with E-state index in [-0.39, 0.29) is 12.0 Å². The van der Waals surface area contributed by atoms with Gasteiger partial charge in [0, 0.05) is 25.7 Å². The fourth-order valence-electron chi connectivity index (χ4n) is 2.12. The van der Waals surface area contributed by atoms with Crippen molar-refractivity contribution in [1.29, 1.82) is 0 Å². The summed E-state index contributed by atoms with van der Waals surface area (Å²) in [4.78, 5) is 14.0. The van der Waals surface area contributed by atoms with Gasteiger partial charge in [0.1, 0.15) is 6.10 Å². The number of carbonyl (C=O) groups is 1. The van der Waals surface area contributed by atoms with Crippen molar-refractivity contribution in [3.05, 3.63) is 0 Å². The van der Waals surface area contributed by atoms with Crippen LogP contribution in [0.2, 0.25) is 0 Å². The van der Waals surface area contributed by atoms with Crippen molar-refractivity contribution in [3.63, 3.8) is 0 Å². The summed E-state index contributed by atoms with van der Waals surface area (Å²) in [5, 5.41) is 0. The van der Waals surface area contributed by atoms with Crippen molar-refractivity contribution in [3.8, 4) is 0 Å². The SMILES string of the molecule is NCCN(C(=O)C1CCCCO1)C1CC1. The van der Waals surface area contributed by atoms with Crippen molar-refractivity contribution in [2.75, 3.05) is 19.7 Å². The van der Waals surface area contributed by atoms with Gasteiger partial charge in [-0.05, 0) is 32.1 Å². The van der Waals surface area contributed by atoms with Crippen molar-refractivity contribution in [1.82, 2.24) is 4.90 Å². The van der Waals surface area contributed by atoms with Crippen LogP contribution < -0.4 is 5.73 Å². The van der Waals surface area contributed by atoms with Crippen LogP contribution in [0.4, 0.5) is 0 Å². The van der Waals surface area contributed by atoms with E-state index in [0.717, 1.165) is 38.7 Å². The first-order valence-electron chi connectivity index (χ1n) is 5.95. The number of nitrogens with two attached hydrogens (primary N) is 1. The third-order valence-electron chi connectivity index (χ3n) is 3.10. The Kier molecular flexibility index (Phi) is 3.59. The Hall–Kier alpha value is -0.610. The molecule has 4 heteroatoms. The van der Waals surface area contributed by atoms with Crippen LogP contribution in [0.5, 0.6) is 0 Å². The third-order valence-corrected chi connectivity index (χ3v) is 3.10. The van der Waals surface area contributed by atoms with Gasteiger partial charge >= 0.3 is 0 Å². The minimum Gasteiger partial charge on any atom is -0.368 e. The largest absolute Gasteiger partial charge is 0.368 e. The molecule has 0 aromatic carbocycles. The summed E-state index contributed by atoms with van der Waals surface area (Å²) >= 11 is 0. The molecule has 1 aliphatic heterocycles. The van der Waals surface area contributed by atoms with E-state index in [1.165, 1.54) is 0 Å². The summed E-state index contributed by atoms with van der Waals surface area (Å²) < 4.78 is 5.51. The molecule has 0 aromatic heterocycles. The summed E-state index contributed by atoms with van der Waals surface area (Å²) in [6, 6.07) is 0.451.